The van der Waals surface area contributed by atoms with Gasteiger partial charge in [-0.25, -0.2) is 8.42 Å². The highest BCUT2D eigenvalue weighted by atomic mass is 32.2. The first-order valence-electron chi connectivity index (χ1n) is 11.3. The van der Waals surface area contributed by atoms with Gasteiger partial charge in [0.2, 0.25) is 21.7 Å². The molecule has 0 aliphatic heterocycles. The first-order chi connectivity index (χ1) is 15.9. The number of anilines is 2. The summed E-state index contributed by atoms with van der Waals surface area (Å²) in [6, 6.07) is 12.1. The van der Waals surface area contributed by atoms with Gasteiger partial charge in [0.25, 0.3) is 0 Å². The molecule has 8 nitrogen and oxygen atoms in total. The maximum absolute atomic E-state index is 12.9. The van der Waals surface area contributed by atoms with Crippen LogP contribution >= 0.6 is 0 Å². The molecule has 0 fully saturated rings. The number of rotatable bonds is 14. The van der Waals surface area contributed by atoms with Crippen LogP contribution in [0, 0.1) is 0 Å². The third kappa shape index (κ3) is 8.95. The Morgan fingerprint density at radius 3 is 1.36 bits per heavy atom. The minimum atomic E-state index is -3.72. The fourth-order valence-corrected chi connectivity index (χ4v) is 4.25. The molecule has 0 atom stereocenters. The Hall–Kier alpha value is -2.75. The Morgan fingerprint density at radius 2 is 1.03 bits per heavy atom. The second kappa shape index (κ2) is 13.7. The zero-order chi connectivity index (χ0) is 24.1. The molecular formula is C24H34N4O4S. The van der Waals surface area contributed by atoms with Gasteiger partial charge in [0.05, 0.1) is 22.9 Å². The van der Waals surface area contributed by atoms with Crippen LogP contribution in [-0.4, -0.2) is 46.4 Å². The molecule has 33 heavy (non-hydrogen) atoms. The van der Waals surface area contributed by atoms with Gasteiger partial charge in [0.1, 0.15) is 0 Å². The summed E-state index contributed by atoms with van der Waals surface area (Å²) in [5, 5.41) is 11.6. The van der Waals surface area contributed by atoms with Crippen molar-refractivity contribution in [3.8, 4) is 0 Å². The molecule has 0 bridgehead atoms. The summed E-state index contributed by atoms with van der Waals surface area (Å²) in [6.45, 7) is 6.13. The van der Waals surface area contributed by atoms with E-state index in [-0.39, 0.29) is 34.7 Å². The molecule has 0 aromatic heterocycles. The number of amides is 2. The predicted molar refractivity (Wildman–Crippen MR) is 131 cm³/mol. The van der Waals surface area contributed by atoms with Crippen molar-refractivity contribution >= 4 is 33.0 Å². The zero-order valence-corrected chi connectivity index (χ0v) is 20.1. The average Bonchev–Trinajstić information content (AvgIpc) is 2.80. The zero-order valence-electron chi connectivity index (χ0n) is 19.3. The second-order valence-corrected chi connectivity index (χ2v) is 9.66. The van der Waals surface area contributed by atoms with E-state index in [4.69, 9.17) is 0 Å². The molecule has 4 N–H and O–H groups in total. The largest absolute Gasteiger partial charge is 0.325 e. The number of carbonyl (C=O) groups is 2. The topological polar surface area (TPSA) is 116 Å². The summed E-state index contributed by atoms with van der Waals surface area (Å²) in [5.41, 5.74) is 1.06. The van der Waals surface area contributed by atoms with Crippen LogP contribution in [0.15, 0.2) is 58.3 Å². The third-order valence-corrected chi connectivity index (χ3v) is 6.67. The van der Waals surface area contributed by atoms with Crippen molar-refractivity contribution in [2.24, 2.45) is 0 Å². The molecule has 0 heterocycles. The quantitative estimate of drug-likeness (QED) is 0.313. The Balaban J connectivity index is 1.93. The number of nitrogens with one attached hydrogen (secondary N) is 4. The van der Waals surface area contributed by atoms with E-state index in [1.54, 1.807) is 24.3 Å². The second-order valence-electron chi connectivity index (χ2n) is 7.71. The van der Waals surface area contributed by atoms with Crippen LogP contribution in [-0.2, 0) is 19.4 Å². The Kier molecular flexibility index (Phi) is 11.0. The predicted octanol–water partition coefficient (Wildman–Crippen LogP) is 3.18. The number of sulfone groups is 1. The van der Waals surface area contributed by atoms with Gasteiger partial charge in [-0.3, -0.25) is 9.59 Å². The molecule has 0 aliphatic rings. The molecule has 0 spiro atoms. The van der Waals surface area contributed by atoms with Crippen LogP contribution in [0.25, 0.3) is 0 Å². The van der Waals surface area contributed by atoms with E-state index in [1.165, 1.54) is 24.3 Å². The summed E-state index contributed by atoms with van der Waals surface area (Å²) in [7, 11) is -3.72. The van der Waals surface area contributed by atoms with Crippen LogP contribution < -0.4 is 21.3 Å². The first-order valence-corrected chi connectivity index (χ1v) is 12.8. The number of hydrogen-bond acceptors (Lipinski definition) is 6. The monoisotopic (exact) mass is 474 g/mol. The molecule has 2 amide bonds. The van der Waals surface area contributed by atoms with Crippen molar-refractivity contribution in [3.63, 3.8) is 0 Å². The Labute approximate surface area is 196 Å². The van der Waals surface area contributed by atoms with Gasteiger partial charge < -0.3 is 21.3 Å². The van der Waals surface area contributed by atoms with Gasteiger partial charge in [-0.1, -0.05) is 26.7 Å². The van der Waals surface area contributed by atoms with Gasteiger partial charge in [-0.2, -0.15) is 0 Å². The molecule has 2 rings (SSSR count). The first kappa shape index (κ1) is 26.5. The van der Waals surface area contributed by atoms with E-state index >= 15 is 0 Å². The number of hydrogen-bond donors (Lipinski definition) is 4. The minimum Gasteiger partial charge on any atom is -0.325 e. The van der Waals surface area contributed by atoms with Crippen LogP contribution in [0.3, 0.4) is 0 Å². The summed E-state index contributed by atoms with van der Waals surface area (Å²) < 4.78 is 25.8. The summed E-state index contributed by atoms with van der Waals surface area (Å²) in [6.07, 6.45) is 4.12. The summed E-state index contributed by atoms with van der Waals surface area (Å²) in [4.78, 5) is 24.1. The smallest absolute Gasteiger partial charge is 0.238 e. The van der Waals surface area contributed by atoms with Crippen LogP contribution in [0.4, 0.5) is 11.4 Å². The van der Waals surface area contributed by atoms with Gasteiger partial charge in [-0.05, 0) is 74.5 Å². The van der Waals surface area contributed by atoms with Crippen LogP contribution in [0.1, 0.15) is 39.5 Å². The normalized spacial score (nSPS) is 11.2. The minimum absolute atomic E-state index is 0.124. The average molecular weight is 475 g/mol. The van der Waals surface area contributed by atoms with Gasteiger partial charge in [0, 0.05) is 11.4 Å². The maximum atomic E-state index is 12.9. The molecule has 0 unspecified atom stereocenters. The summed E-state index contributed by atoms with van der Waals surface area (Å²) >= 11 is 0. The van der Waals surface area contributed by atoms with Crippen molar-refractivity contribution < 1.29 is 18.0 Å². The van der Waals surface area contributed by atoms with Crippen LogP contribution in [0.2, 0.25) is 0 Å². The highest BCUT2D eigenvalue weighted by molar-refractivity contribution is 7.91. The lowest BCUT2D eigenvalue weighted by Gasteiger charge is -2.10. The molecular weight excluding hydrogens is 440 g/mol. The Bertz CT molecular complexity index is 915. The molecule has 9 heteroatoms. The summed E-state index contributed by atoms with van der Waals surface area (Å²) in [5.74, 6) is -0.361. The van der Waals surface area contributed by atoms with E-state index in [0.717, 1.165) is 38.8 Å². The van der Waals surface area contributed by atoms with Crippen molar-refractivity contribution in [1.29, 1.82) is 0 Å². The number of benzene rings is 2. The number of carbonyl (C=O) groups excluding carboxylic acids is 2. The molecule has 0 aliphatic carbocycles. The molecule has 0 saturated heterocycles. The SMILES string of the molecule is CCCCNCC(=O)Nc1ccc(S(=O)(=O)c2ccc(NC(=O)CNCCCC)cc2)cc1. The van der Waals surface area contributed by atoms with Crippen molar-refractivity contribution in [2.45, 2.75) is 49.3 Å². The third-order valence-electron chi connectivity index (χ3n) is 4.88. The van der Waals surface area contributed by atoms with Gasteiger partial charge in [-0.15, -0.1) is 0 Å². The van der Waals surface area contributed by atoms with Gasteiger partial charge in [0.15, 0.2) is 0 Å². The standard InChI is InChI=1S/C24H34N4O4S/c1-3-5-15-25-17-23(29)27-19-7-11-21(12-8-19)33(31,32)22-13-9-20(10-14-22)28-24(30)18-26-16-6-4-2/h7-14,25-26H,3-6,15-18H2,1-2H3,(H,27,29)(H,28,30). The van der Waals surface area contributed by atoms with Gasteiger partial charge >= 0.3 is 0 Å². The van der Waals surface area contributed by atoms with Crippen molar-refractivity contribution in [3.05, 3.63) is 48.5 Å². The number of unbranched alkanes of at least 4 members (excludes halogenated alkanes) is 2. The molecule has 180 valence electrons. The van der Waals surface area contributed by atoms with E-state index < -0.39 is 9.84 Å². The lowest BCUT2D eigenvalue weighted by atomic mass is 10.3. The molecule has 2 aromatic rings. The van der Waals surface area contributed by atoms with Crippen molar-refractivity contribution in [1.82, 2.24) is 10.6 Å². The molecule has 0 radical (unpaired) electrons. The van der Waals surface area contributed by atoms with Crippen LogP contribution in [0.5, 0.6) is 0 Å². The lowest BCUT2D eigenvalue weighted by molar-refractivity contribution is -0.116. The highest BCUT2D eigenvalue weighted by Gasteiger charge is 2.18. The van der Waals surface area contributed by atoms with E-state index in [9.17, 15) is 18.0 Å². The maximum Gasteiger partial charge on any atom is 0.238 e. The fraction of sp³-hybridized carbons (Fsp3) is 0.417. The fourth-order valence-electron chi connectivity index (χ4n) is 2.99. The lowest BCUT2D eigenvalue weighted by Crippen LogP contribution is -2.28. The molecule has 0 saturated carbocycles. The van der Waals surface area contributed by atoms with E-state index in [0.29, 0.717) is 11.4 Å². The highest BCUT2D eigenvalue weighted by Crippen LogP contribution is 2.23. The van der Waals surface area contributed by atoms with E-state index in [1.807, 2.05) is 0 Å². The van der Waals surface area contributed by atoms with E-state index in [2.05, 4.69) is 35.1 Å². The molecule has 2 aromatic carbocycles. The Morgan fingerprint density at radius 1 is 0.667 bits per heavy atom. The van der Waals surface area contributed by atoms with Crippen molar-refractivity contribution in [2.75, 3.05) is 36.8 Å².